The van der Waals surface area contributed by atoms with Gasteiger partial charge in [-0.25, -0.2) is 0 Å². The monoisotopic (exact) mass is 269 g/mol. The highest BCUT2D eigenvalue weighted by atomic mass is 32.2. The Kier molecular flexibility index (Phi) is 3.47. The quantitative estimate of drug-likeness (QED) is 0.827. The van der Waals surface area contributed by atoms with Crippen LogP contribution in [-0.4, -0.2) is 40.0 Å². The molecule has 18 heavy (non-hydrogen) atoms. The van der Waals surface area contributed by atoms with Crippen molar-refractivity contribution < 1.29 is 19.5 Å². The van der Waals surface area contributed by atoms with Gasteiger partial charge < -0.3 is 10.0 Å². The number of aliphatic carboxylic acids is 1. The summed E-state index contributed by atoms with van der Waals surface area (Å²) in [7, 11) is 0. The first-order valence-corrected chi connectivity index (χ1v) is 6.86. The summed E-state index contributed by atoms with van der Waals surface area (Å²) >= 11 is 1.47. The number of carbonyl (C=O) groups excluding carboxylic acids is 2. The van der Waals surface area contributed by atoms with Crippen molar-refractivity contribution in [2.75, 3.05) is 12.3 Å². The molecule has 2 rings (SSSR count). The van der Waals surface area contributed by atoms with Gasteiger partial charge in [0, 0.05) is 23.8 Å². The lowest BCUT2D eigenvalue weighted by molar-refractivity contribution is -0.141. The first kappa shape index (κ1) is 13.1. The molecule has 1 amide bonds. The van der Waals surface area contributed by atoms with E-state index in [1.54, 1.807) is 18.7 Å². The van der Waals surface area contributed by atoms with E-state index in [0.717, 1.165) is 5.75 Å². The van der Waals surface area contributed by atoms with Crippen molar-refractivity contribution >= 4 is 29.4 Å². The highest BCUT2D eigenvalue weighted by Gasteiger charge is 2.45. The van der Waals surface area contributed by atoms with Crippen LogP contribution in [0.5, 0.6) is 0 Å². The van der Waals surface area contributed by atoms with Crippen molar-refractivity contribution in [3.05, 3.63) is 10.6 Å². The van der Waals surface area contributed by atoms with Crippen molar-refractivity contribution in [2.45, 2.75) is 20.3 Å². The number of Topliss-reactive ketones (excluding diaryl/α,β-unsaturated/α-hetero) is 1. The van der Waals surface area contributed by atoms with Crippen LogP contribution in [0.3, 0.4) is 0 Å². The molecule has 6 heteroatoms. The number of fused-ring (bicyclic) bond motifs is 1. The van der Waals surface area contributed by atoms with Crippen LogP contribution < -0.4 is 0 Å². The van der Waals surface area contributed by atoms with Gasteiger partial charge in [0.05, 0.1) is 17.4 Å². The van der Waals surface area contributed by atoms with Gasteiger partial charge in [-0.2, -0.15) is 0 Å². The van der Waals surface area contributed by atoms with Gasteiger partial charge in [0.25, 0.3) is 0 Å². The van der Waals surface area contributed by atoms with E-state index in [1.807, 2.05) is 0 Å². The second-order valence-electron chi connectivity index (χ2n) is 4.73. The lowest BCUT2D eigenvalue weighted by Crippen LogP contribution is -2.29. The van der Waals surface area contributed by atoms with Crippen LogP contribution in [0, 0.1) is 11.8 Å². The minimum Gasteiger partial charge on any atom is -0.481 e. The standard InChI is InChI=1S/C12H15NO4S/c1-6(2)10(16)9-7(5-8(14)15)11(17)13-3-4-18-12(9)13/h6-7H,3-5H2,1-2H3,(H,14,15). The molecule has 0 saturated carbocycles. The van der Waals surface area contributed by atoms with Crippen molar-refractivity contribution in [2.24, 2.45) is 11.8 Å². The number of hydrogen-bond acceptors (Lipinski definition) is 4. The third-order valence-corrected chi connectivity index (χ3v) is 4.21. The number of carboxylic acid groups (broad SMARTS) is 1. The molecule has 2 aliphatic rings. The maximum Gasteiger partial charge on any atom is 0.304 e. The van der Waals surface area contributed by atoms with E-state index in [9.17, 15) is 14.4 Å². The Bertz CT molecular complexity index is 455. The maximum absolute atomic E-state index is 12.2. The van der Waals surface area contributed by atoms with E-state index in [1.165, 1.54) is 11.8 Å². The topological polar surface area (TPSA) is 74.7 Å². The van der Waals surface area contributed by atoms with Crippen molar-refractivity contribution in [1.82, 2.24) is 4.90 Å². The number of carboxylic acids is 1. The number of carbonyl (C=O) groups is 3. The smallest absolute Gasteiger partial charge is 0.304 e. The Morgan fingerprint density at radius 1 is 1.50 bits per heavy atom. The largest absolute Gasteiger partial charge is 0.481 e. The van der Waals surface area contributed by atoms with E-state index in [4.69, 9.17) is 5.11 Å². The first-order valence-electron chi connectivity index (χ1n) is 5.87. The summed E-state index contributed by atoms with van der Waals surface area (Å²) in [6.45, 7) is 4.10. The zero-order chi connectivity index (χ0) is 13.4. The molecule has 0 bridgehead atoms. The van der Waals surface area contributed by atoms with E-state index in [-0.39, 0.29) is 24.0 Å². The molecule has 0 radical (unpaired) electrons. The normalized spacial score (nSPS) is 22.9. The summed E-state index contributed by atoms with van der Waals surface area (Å²) in [5.41, 5.74) is 0.417. The van der Waals surface area contributed by atoms with Crippen LogP contribution in [-0.2, 0) is 14.4 Å². The number of ketones is 1. The molecule has 0 aromatic rings. The van der Waals surface area contributed by atoms with Gasteiger partial charge in [-0.1, -0.05) is 13.8 Å². The number of rotatable bonds is 4. The summed E-state index contributed by atoms with van der Waals surface area (Å²) in [6.07, 6.45) is -0.298. The molecule has 2 aliphatic heterocycles. The number of hydrogen-bond donors (Lipinski definition) is 1. The molecule has 1 N–H and O–H groups in total. The SMILES string of the molecule is CC(C)C(=O)C1=C2SCCN2C(=O)C1CC(=O)O. The average Bonchev–Trinajstić information content (AvgIpc) is 2.82. The fourth-order valence-electron chi connectivity index (χ4n) is 2.26. The highest BCUT2D eigenvalue weighted by Crippen LogP contribution is 2.43. The molecule has 98 valence electrons. The van der Waals surface area contributed by atoms with Gasteiger partial charge in [0.1, 0.15) is 0 Å². The zero-order valence-corrected chi connectivity index (χ0v) is 11.1. The second kappa shape index (κ2) is 4.76. The summed E-state index contributed by atoms with van der Waals surface area (Å²) in [5, 5.41) is 9.57. The van der Waals surface area contributed by atoms with Crippen molar-refractivity contribution in [3.63, 3.8) is 0 Å². The molecule has 5 nitrogen and oxygen atoms in total. The predicted molar refractivity (Wildman–Crippen MR) is 66.8 cm³/mol. The Balaban J connectivity index is 2.40. The number of thioether (sulfide) groups is 1. The molecule has 1 unspecified atom stereocenters. The average molecular weight is 269 g/mol. The molecule has 1 fully saturated rings. The third-order valence-electron chi connectivity index (χ3n) is 3.11. The number of amides is 1. The molecule has 2 heterocycles. The molecule has 0 spiro atoms. The first-order chi connectivity index (χ1) is 8.43. The Morgan fingerprint density at radius 2 is 2.17 bits per heavy atom. The van der Waals surface area contributed by atoms with Crippen molar-refractivity contribution in [3.8, 4) is 0 Å². The molecular weight excluding hydrogens is 254 g/mol. The molecular formula is C12H15NO4S. The van der Waals surface area contributed by atoms with Crippen LogP contribution in [0.4, 0.5) is 0 Å². The zero-order valence-electron chi connectivity index (χ0n) is 10.3. The van der Waals surface area contributed by atoms with Gasteiger partial charge in [0.15, 0.2) is 5.78 Å². The van der Waals surface area contributed by atoms with Crippen LogP contribution in [0.25, 0.3) is 0 Å². The Hall–Kier alpha value is -1.30. The molecule has 1 saturated heterocycles. The lowest BCUT2D eigenvalue weighted by Gasteiger charge is -2.13. The minimum absolute atomic E-state index is 0.110. The van der Waals surface area contributed by atoms with E-state index in [0.29, 0.717) is 17.1 Å². The van der Waals surface area contributed by atoms with E-state index >= 15 is 0 Å². The predicted octanol–water partition coefficient (Wildman–Crippen LogP) is 1.10. The Morgan fingerprint density at radius 3 is 2.72 bits per heavy atom. The second-order valence-corrected chi connectivity index (χ2v) is 5.81. The van der Waals surface area contributed by atoms with E-state index < -0.39 is 11.9 Å². The number of nitrogens with zero attached hydrogens (tertiary/aromatic N) is 1. The summed E-state index contributed by atoms with van der Waals surface area (Å²) < 4.78 is 0. The molecule has 1 atom stereocenters. The third kappa shape index (κ3) is 2.05. The maximum atomic E-state index is 12.2. The summed E-state index contributed by atoms with van der Waals surface area (Å²) in [4.78, 5) is 36.7. The van der Waals surface area contributed by atoms with Gasteiger partial charge >= 0.3 is 5.97 Å². The fraction of sp³-hybridized carbons (Fsp3) is 0.583. The molecule has 0 aliphatic carbocycles. The van der Waals surface area contributed by atoms with Gasteiger partial charge in [0.2, 0.25) is 5.91 Å². The van der Waals surface area contributed by atoms with Crippen LogP contribution >= 0.6 is 11.8 Å². The molecule has 0 aromatic carbocycles. The summed E-state index contributed by atoms with van der Waals surface area (Å²) in [6, 6.07) is 0. The van der Waals surface area contributed by atoms with Gasteiger partial charge in [-0.05, 0) is 0 Å². The Labute approximate surface area is 109 Å². The fourth-order valence-corrected chi connectivity index (χ4v) is 3.46. The van der Waals surface area contributed by atoms with Crippen LogP contribution in [0.1, 0.15) is 20.3 Å². The van der Waals surface area contributed by atoms with Gasteiger partial charge in [-0.3, -0.25) is 14.4 Å². The van der Waals surface area contributed by atoms with Crippen molar-refractivity contribution in [1.29, 1.82) is 0 Å². The van der Waals surface area contributed by atoms with Crippen LogP contribution in [0.15, 0.2) is 10.6 Å². The minimum atomic E-state index is -1.05. The molecule has 0 aromatic heterocycles. The van der Waals surface area contributed by atoms with E-state index in [2.05, 4.69) is 0 Å². The van der Waals surface area contributed by atoms with Crippen LogP contribution in [0.2, 0.25) is 0 Å². The van der Waals surface area contributed by atoms with Gasteiger partial charge in [-0.15, -0.1) is 11.8 Å². The lowest BCUT2D eigenvalue weighted by atomic mass is 9.90. The summed E-state index contributed by atoms with van der Waals surface area (Å²) in [5.74, 6) is -1.63. The highest BCUT2D eigenvalue weighted by molar-refractivity contribution is 8.03.